The molecule has 1 saturated heterocycles. The highest BCUT2D eigenvalue weighted by Gasteiger charge is 2.39. The van der Waals surface area contributed by atoms with Crippen molar-refractivity contribution >= 4 is 12.0 Å². The molecule has 0 bridgehead atoms. The third-order valence-corrected chi connectivity index (χ3v) is 4.89. The van der Waals surface area contributed by atoms with Crippen LogP contribution in [-0.2, 0) is 4.79 Å². The molecule has 0 aromatic rings. The number of carboxylic acids is 1. The average molecular weight is 310 g/mol. The minimum absolute atomic E-state index is 0.0135. The van der Waals surface area contributed by atoms with Crippen LogP contribution in [0, 0.1) is 16.7 Å². The lowest BCUT2D eigenvalue weighted by molar-refractivity contribution is -0.142. The third-order valence-electron chi connectivity index (χ3n) is 4.89. The zero-order valence-electron chi connectivity index (χ0n) is 14.3. The van der Waals surface area contributed by atoms with Crippen molar-refractivity contribution in [2.45, 2.75) is 65.8 Å². The molecule has 2 rings (SSSR count). The second-order valence-corrected chi connectivity index (χ2v) is 8.70. The van der Waals surface area contributed by atoms with E-state index in [0.29, 0.717) is 12.8 Å². The highest BCUT2D eigenvalue weighted by molar-refractivity contribution is 5.75. The van der Waals surface area contributed by atoms with Gasteiger partial charge in [-0.25, -0.2) is 4.79 Å². The summed E-state index contributed by atoms with van der Waals surface area (Å²) in [6.45, 7) is 10.4. The van der Waals surface area contributed by atoms with E-state index in [1.54, 1.807) is 0 Å². The van der Waals surface area contributed by atoms with E-state index >= 15 is 0 Å². The van der Waals surface area contributed by atoms with Gasteiger partial charge in [-0.3, -0.25) is 4.79 Å². The Labute approximate surface area is 133 Å². The van der Waals surface area contributed by atoms with Gasteiger partial charge in [-0.1, -0.05) is 27.7 Å². The Kier molecular flexibility index (Phi) is 4.73. The number of rotatable bonds is 2. The molecule has 5 nitrogen and oxygen atoms in total. The number of carboxylic acid groups (broad SMARTS) is 1. The largest absolute Gasteiger partial charge is 0.481 e. The van der Waals surface area contributed by atoms with E-state index in [9.17, 15) is 9.59 Å². The first-order valence-corrected chi connectivity index (χ1v) is 8.36. The Morgan fingerprint density at radius 2 is 1.50 bits per heavy atom. The zero-order valence-corrected chi connectivity index (χ0v) is 14.3. The molecule has 2 aliphatic rings. The Morgan fingerprint density at radius 1 is 1.00 bits per heavy atom. The molecule has 0 unspecified atom stereocenters. The smallest absolute Gasteiger partial charge is 0.317 e. The molecular formula is C17H30N2O3. The van der Waals surface area contributed by atoms with Crippen molar-refractivity contribution in [3.63, 3.8) is 0 Å². The van der Waals surface area contributed by atoms with Crippen molar-refractivity contribution in [1.82, 2.24) is 10.2 Å². The normalized spacial score (nSPS) is 30.6. The molecule has 0 aromatic heterocycles. The molecule has 2 amide bonds. The molecule has 22 heavy (non-hydrogen) atoms. The molecule has 0 spiro atoms. The summed E-state index contributed by atoms with van der Waals surface area (Å²) >= 11 is 0. The average Bonchev–Trinajstić information content (AvgIpc) is 2.35. The number of carbonyl (C=O) groups excluding carboxylic acids is 1. The van der Waals surface area contributed by atoms with Gasteiger partial charge in [-0.05, 0) is 42.9 Å². The van der Waals surface area contributed by atoms with E-state index in [1.165, 1.54) is 0 Å². The molecule has 5 heteroatoms. The van der Waals surface area contributed by atoms with E-state index in [4.69, 9.17) is 5.11 Å². The second-order valence-electron chi connectivity index (χ2n) is 8.70. The predicted molar refractivity (Wildman–Crippen MR) is 85.7 cm³/mol. The van der Waals surface area contributed by atoms with Gasteiger partial charge >= 0.3 is 12.0 Å². The van der Waals surface area contributed by atoms with Gasteiger partial charge in [0.25, 0.3) is 0 Å². The summed E-state index contributed by atoms with van der Waals surface area (Å²) in [5.41, 5.74) is 0.278. The van der Waals surface area contributed by atoms with E-state index in [2.05, 4.69) is 33.0 Å². The number of nitrogens with zero attached hydrogens (tertiary/aromatic N) is 1. The van der Waals surface area contributed by atoms with Gasteiger partial charge in [0.15, 0.2) is 0 Å². The number of likely N-dealkylation sites (tertiary alicyclic amines) is 1. The Hall–Kier alpha value is -1.26. The fourth-order valence-corrected chi connectivity index (χ4v) is 4.39. The lowest BCUT2D eigenvalue weighted by Gasteiger charge is -2.47. The number of urea groups is 1. The number of carbonyl (C=O) groups is 2. The number of hydrogen-bond acceptors (Lipinski definition) is 2. The van der Waals surface area contributed by atoms with Crippen LogP contribution in [-0.4, -0.2) is 41.1 Å². The maximum absolute atomic E-state index is 12.6. The maximum atomic E-state index is 12.6. The van der Waals surface area contributed by atoms with Crippen LogP contribution in [0.4, 0.5) is 4.79 Å². The lowest BCUT2D eigenvalue weighted by Crippen LogP contribution is -2.55. The topological polar surface area (TPSA) is 69.6 Å². The van der Waals surface area contributed by atoms with Crippen molar-refractivity contribution < 1.29 is 14.7 Å². The summed E-state index contributed by atoms with van der Waals surface area (Å²) in [6.07, 6.45) is 3.98. The highest BCUT2D eigenvalue weighted by atomic mass is 16.4. The van der Waals surface area contributed by atoms with Gasteiger partial charge < -0.3 is 15.3 Å². The Bertz CT molecular complexity index is 421. The second kappa shape index (κ2) is 6.09. The van der Waals surface area contributed by atoms with Gasteiger partial charge in [0.05, 0.1) is 5.92 Å². The van der Waals surface area contributed by atoms with Gasteiger partial charge in [0, 0.05) is 19.1 Å². The molecule has 1 heterocycles. The number of piperidine rings is 1. The first-order chi connectivity index (χ1) is 10.1. The van der Waals surface area contributed by atoms with Gasteiger partial charge in [0.2, 0.25) is 0 Å². The summed E-state index contributed by atoms with van der Waals surface area (Å²) in [6, 6.07) is 0.135. The lowest BCUT2D eigenvalue weighted by atomic mass is 9.71. The van der Waals surface area contributed by atoms with E-state index < -0.39 is 5.97 Å². The molecule has 2 fully saturated rings. The molecule has 0 radical (unpaired) electrons. The monoisotopic (exact) mass is 310 g/mol. The Morgan fingerprint density at radius 3 is 1.95 bits per heavy atom. The van der Waals surface area contributed by atoms with Crippen LogP contribution in [0.15, 0.2) is 0 Å². The molecule has 1 aliphatic carbocycles. The highest BCUT2D eigenvalue weighted by Crippen LogP contribution is 2.39. The number of aliphatic carboxylic acids is 1. The van der Waals surface area contributed by atoms with Crippen LogP contribution < -0.4 is 5.32 Å². The van der Waals surface area contributed by atoms with Crippen molar-refractivity contribution in [2.24, 2.45) is 16.7 Å². The number of amides is 2. The van der Waals surface area contributed by atoms with Crippen molar-refractivity contribution in [3.8, 4) is 0 Å². The maximum Gasteiger partial charge on any atom is 0.317 e. The summed E-state index contributed by atoms with van der Waals surface area (Å²) in [5, 5.41) is 12.1. The first-order valence-electron chi connectivity index (χ1n) is 8.36. The molecule has 0 atom stereocenters. The number of nitrogens with one attached hydrogen (secondary N) is 1. The first kappa shape index (κ1) is 17.1. The zero-order chi connectivity index (χ0) is 16.5. The van der Waals surface area contributed by atoms with Crippen LogP contribution >= 0.6 is 0 Å². The molecule has 1 aliphatic heterocycles. The SMILES string of the molecule is CC1(C)CN(C(=O)NC2CCC(C(=O)O)CC2)CC(C)(C)C1. The quantitative estimate of drug-likeness (QED) is 0.823. The van der Waals surface area contributed by atoms with Crippen LogP contribution in [0.2, 0.25) is 0 Å². The summed E-state index contributed by atoms with van der Waals surface area (Å²) in [4.78, 5) is 25.5. The van der Waals surface area contributed by atoms with Crippen molar-refractivity contribution in [3.05, 3.63) is 0 Å². The van der Waals surface area contributed by atoms with Crippen molar-refractivity contribution in [1.29, 1.82) is 0 Å². The fourth-order valence-electron chi connectivity index (χ4n) is 4.39. The molecule has 0 aromatic carbocycles. The van der Waals surface area contributed by atoms with Crippen LogP contribution in [0.1, 0.15) is 59.8 Å². The third kappa shape index (κ3) is 4.37. The summed E-state index contributed by atoms with van der Waals surface area (Å²) < 4.78 is 0. The molecule has 126 valence electrons. The molecular weight excluding hydrogens is 280 g/mol. The Balaban J connectivity index is 1.88. The van der Waals surface area contributed by atoms with Gasteiger partial charge in [-0.2, -0.15) is 0 Å². The van der Waals surface area contributed by atoms with E-state index in [0.717, 1.165) is 32.4 Å². The van der Waals surface area contributed by atoms with Crippen molar-refractivity contribution in [2.75, 3.05) is 13.1 Å². The van der Waals surface area contributed by atoms with Crippen LogP contribution in [0.3, 0.4) is 0 Å². The standard InChI is InChI=1S/C17H30N2O3/c1-16(2)9-17(3,4)11-19(10-16)15(22)18-13-7-5-12(6-8-13)14(20)21/h12-13H,5-11H2,1-4H3,(H,18,22)(H,20,21). The van der Waals surface area contributed by atoms with Crippen LogP contribution in [0.25, 0.3) is 0 Å². The summed E-state index contributed by atoms with van der Waals surface area (Å²) in [7, 11) is 0. The minimum atomic E-state index is -0.704. The number of hydrogen-bond donors (Lipinski definition) is 2. The summed E-state index contributed by atoms with van der Waals surface area (Å²) in [5.74, 6) is -0.940. The fraction of sp³-hybridized carbons (Fsp3) is 0.882. The predicted octanol–water partition coefficient (Wildman–Crippen LogP) is 3.10. The van der Waals surface area contributed by atoms with Gasteiger partial charge in [-0.15, -0.1) is 0 Å². The van der Waals surface area contributed by atoms with Crippen LogP contribution in [0.5, 0.6) is 0 Å². The van der Waals surface area contributed by atoms with E-state index in [1.807, 2.05) is 4.90 Å². The van der Waals surface area contributed by atoms with E-state index in [-0.39, 0.29) is 28.8 Å². The van der Waals surface area contributed by atoms with Gasteiger partial charge in [0.1, 0.15) is 0 Å². The minimum Gasteiger partial charge on any atom is -0.481 e. The molecule has 2 N–H and O–H groups in total. The molecule has 1 saturated carbocycles.